The Kier molecular flexibility index (Phi) is 4.77. The first kappa shape index (κ1) is 17.1. The summed E-state index contributed by atoms with van der Waals surface area (Å²) in [6.45, 7) is 0.198. The number of para-hydroxylation sites is 1. The van der Waals surface area contributed by atoms with Gasteiger partial charge in [0, 0.05) is 17.7 Å². The van der Waals surface area contributed by atoms with Crippen LogP contribution < -0.4 is 14.8 Å². The summed E-state index contributed by atoms with van der Waals surface area (Å²) in [5.74, 6) is 1.14. The van der Waals surface area contributed by atoms with Crippen LogP contribution in [0.5, 0.6) is 11.5 Å². The number of rotatable bonds is 5. The largest absolute Gasteiger partial charge is 0.454 e. The molecule has 0 aliphatic carbocycles. The van der Waals surface area contributed by atoms with Crippen LogP contribution >= 0.6 is 0 Å². The first-order valence-corrected chi connectivity index (χ1v) is 8.72. The molecule has 1 amide bonds. The van der Waals surface area contributed by atoms with E-state index in [0.29, 0.717) is 29.2 Å². The van der Waals surface area contributed by atoms with Crippen molar-refractivity contribution in [1.29, 1.82) is 0 Å². The number of hydrogen-bond donors (Lipinski definition) is 2. The van der Waals surface area contributed by atoms with E-state index in [1.54, 1.807) is 24.3 Å². The lowest BCUT2D eigenvalue weighted by Gasteiger charge is -2.15. The molecule has 5 nitrogen and oxygen atoms in total. The Morgan fingerprint density at radius 2 is 1.70 bits per heavy atom. The van der Waals surface area contributed by atoms with E-state index in [9.17, 15) is 9.90 Å². The molecule has 27 heavy (non-hydrogen) atoms. The first-order chi connectivity index (χ1) is 13.2. The van der Waals surface area contributed by atoms with Crippen molar-refractivity contribution >= 4 is 11.6 Å². The van der Waals surface area contributed by atoms with Crippen molar-refractivity contribution in [2.24, 2.45) is 0 Å². The van der Waals surface area contributed by atoms with Gasteiger partial charge in [-0.05, 0) is 41.5 Å². The summed E-state index contributed by atoms with van der Waals surface area (Å²) in [6, 6.07) is 21.9. The van der Waals surface area contributed by atoms with Gasteiger partial charge in [0.15, 0.2) is 11.5 Å². The van der Waals surface area contributed by atoms with Gasteiger partial charge in [0.1, 0.15) is 0 Å². The van der Waals surface area contributed by atoms with E-state index >= 15 is 0 Å². The fourth-order valence-corrected chi connectivity index (χ4v) is 3.05. The molecular weight excluding hydrogens is 342 g/mol. The molecule has 1 aliphatic heterocycles. The Morgan fingerprint density at radius 3 is 2.56 bits per heavy atom. The minimum atomic E-state index is -0.728. The monoisotopic (exact) mass is 361 g/mol. The first-order valence-electron chi connectivity index (χ1n) is 8.72. The fraction of sp³-hybridized carbons (Fsp3) is 0.136. The van der Waals surface area contributed by atoms with E-state index in [1.807, 2.05) is 48.5 Å². The van der Waals surface area contributed by atoms with E-state index in [1.165, 1.54) is 0 Å². The van der Waals surface area contributed by atoms with Crippen molar-refractivity contribution in [3.63, 3.8) is 0 Å². The summed E-state index contributed by atoms with van der Waals surface area (Å²) in [4.78, 5) is 12.4. The number of fused-ring (bicyclic) bond motifs is 1. The second-order valence-electron chi connectivity index (χ2n) is 6.31. The van der Waals surface area contributed by atoms with Gasteiger partial charge in [0.2, 0.25) is 6.79 Å². The van der Waals surface area contributed by atoms with Crippen LogP contribution in [0.4, 0.5) is 5.69 Å². The number of ether oxygens (including phenoxy) is 2. The summed E-state index contributed by atoms with van der Waals surface area (Å²) in [7, 11) is 0. The number of benzene rings is 3. The molecule has 2 N–H and O–H groups in total. The number of amides is 1. The Morgan fingerprint density at radius 1 is 0.963 bits per heavy atom. The van der Waals surface area contributed by atoms with Gasteiger partial charge in [-0.15, -0.1) is 0 Å². The number of anilines is 1. The predicted molar refractivity (Wildman–Crippen MR) is 102 cm³/mol. The molecule has 5 heteroatoms. The van der Waals surface area contributed by atoms with Crippen LogP contribution in [-0.4, -0.2) is 17.8 Å². The molecular formula is C22H19NO4. The highest BCUT2D eigenvalue weighted by molar-refractivity contribution is 6.04. The smallest absolute Gasteiger partial charge is 0.255 e. The van der Waals surface area contributed by atoms with Crippen LogP contribution in [0.2, 0.25) is 0 Å². The minimum Gasteiger partial charge on any atom is -0.454 e. The van der Waals surface area contributed by atoms with Crippen LogP contribution in [0.15, 0.2) is 72.8 Å². The quantitative estimate of drug-likeness (QED) is 0.722. The SMILES string of the molecule is O=C(Nc1ccccc1C[C@@H](O)c1ccc2c(c1)OCO2)c1ccccc1. The zero-order valence-electron chi connectivity index (χ0n) is 14.6. The van der Waals surface area contributed by atoms with E-state index in [2.05, 4.69) is 5.32 Å². The molecule has 0 saturated carbocycles. The predicted octanol–water partition coefficient (Wildman–Crippen LogP) is 3.94. The summed E-state index contributed by atoms with van der Waals surface area (Å²) >= 11 is 0. The van der Waals surface area contributed by atoms with Crippen molar-refractivity contribution in [3.8, 4) is 11.5 Å². The third kappa shape index (κ3) is 3.78. The van der Waals surface area contributed by atoms with Gasteiger partial charge in [-0.3, -0.25) is 4.79 Å². The lowest BCUT2D eigenvalue weighted by Crippen LogP contribution is -2.14. The maximum Gasteiger partial charge on any atom is 0.255 e. The van der Waals surface area contributed by atoms with Gasteiger partial charge in [-0.2, -0.15) is 0 Å². The number of aliphatic hydroxyl groups excluding tert-OH is 1. The zero-order valence-corrected chi connectivity index (χ0v) is 14.6. The third-order valence-electron chi connectivity index (χ3n) is 4.50. The van der Waals surface area contributed by atoms with Gasteiger partial charge in [0.25, 0.3) is 5.91 Å². The lowest BCUT2D eigenvalue weighted by molar-refractivity contribution is 0.102. The van der Waals surface area contributed by atoms with Crippen LogP contribution in [0.1, 0.15) is 27.6 Å². The van der Waals surface area contributed by atoms with Crippen LogP contribution in [0, 0.1) is 0 Å². The number of hydrogen-bond acceptors (Lipinski definition) is 4. The number of carbonyl (C=O) groups is 1. The molecule has 0 spiro atoms. The summed E-state index contributed by atoms with van der Waals surface area (Å²) in [5.41, 5.74) is 2.87. The zero-order chi connectivity index (χ0) is 18.6. The summed E-state index contributed by atoms with van der Waals surface area (Å²) in [5, 5.41) is 13.6. The molecule has 3 aromatic carbocycles. The second kappa shape index (κ2) is 7.51. The molecule has 0 bridgehead atoms. The normalized spacial score (nSPS) is 13.2. The summed E-state index contributed by atoms with van der Waals surface area (Å²) < 4.78 is 10.7. The Balaban J connectivity index is 1.52. The highest BCUT2D eigenvalue weighted by atomic mass is 16.7. The molecule has 1 heterocycles. The van der Waals surface area contributed by atoms with Crippen molar-refractivity contribution < 1.29 is 19.4 Å². The summed E-state index contributed by atoms with van der Waals surface area (Å²) in [6.07, 6.45) is -0.362. The van der Waals surface area contributed by atoms with E-state index in [0.717, 1.165) is 11.1 Å². The van der Waals surface area contributed by atoms with Crippen molar-refractivity contribution in [2.45, 2.75) is 12.5 Å². The minimum absolute atomic E-state index is 0.180. The van der Waals surface area contributed by atoms with Crippen molar-refractivity contribution in [1.82, 2.24) is 0 Å². The molecule has 1 aliphatic rings. The van der Waals surface area contributed by atoms with Crippen LogP contribution in [-0.2, 0) is 6.42 Å². The number of carbonyl (C=O) groups excluding carboxylic acids is 1. The maximum absolute atomic E-state index is 12.4. The lowest BCUT2D eigenvalue weighted by atomic mass is 9.99. The third-order valence-corrected chi connectivity index (χ3v) is 4.50. The van der Waals surface area contributed by atoms with Crippen LogP contribution in [0.3, 0.4) is 0 Å². The Hall–Kier alpha value is -3.31. The molecule has 136 valence electrons. The molecule has 0 aromatic heterocycles. The standard InChI is InChI=1S/C22H19NO4/c24-19(17-10-11-20-21(13-17)27-14-26-20)12-16-8-4-5-9-18(16)23-22(25)15-6-2-1-3-7-15/h1-11,13,19,24H,12,14H2,(H,23,25)/t19-/m1/s1. The van der Waals surface area contributed by atoms with Gasteiger partial charge in [0.05, 0.1) is 6.10 Å². The Bertz CT molecular complexity index is 956. The van der Waals surface area contributed by atoms with Gasteiger partial charge < -0.3 is 19.9 Å². The van der Waals surface area contributed by atoms with E-state index < -0.39 is 6.10 Å². The molecule has 0 radical (unpaired) electrons. The van der Waals surface area contributed by atoms with Crippen molar-refractivity contribution in [2.75, 3.05) is 12.1 Å². The molecule has 4 rings (SSSR count). The average Bonchev–Trinajstić information content (AvgIpc) is 3.18. The number of aliphatic hydroxyl groups is 1. The van der Waals surface area contributed by atoms with Gasteiger partial charge in [-0.25, -0.2) is 0 Å². The van der Waals surface area contributed by atoms with E-state index in [4.69, 9.17) is 9.47 Å². The average molecular weight is 361 g/mol. The molecule has 0 unspecified atom stereocenters. The number of nitrogens with one attached hydrogen (secondary N) is 1. The molecule has 1 atom stereocenters. The fourth-order valence-electron chi connectivity index (χ4n) is 3.05. The molecule has 3 aromatic rings. The molecule has 0 saturated heterocycles. The van der Waals surface area contributed by atoms with Crippen LogP contribution in [0.25, 0.3) is 0 Å². The topological polar surface area (TPSA) is 67.8 Å². The molecule has 0 fully saturated rings. The van der Waals surface area contributed by atoms with E-state index in [-0.39, 0.29) is 12.7 Å². The van der Waals surface area contributed by atoms with Gasteiger partial charge in [-0.1, -0.05) is 42.5 Å². The Labute approximate surface area is 157 Å². The van der Waals surface area contributed by atoms with Gasteiger partial charge >= 0.3 is 0 Å². The maximum atomic E-state index is 12.4. The second-order valence-corrected chi connectivity index (χ2v) is 6.31. The highest BCUT2D eigenvalue weighted by Crippen LogP contribution is 2.35. The van der Waals surface area contributed by atoms with Crippen molar-refractivity contribution in [3.05, 3.63) is 89.5 Å². The highest BCUT2D eigenvalue weighted by Gasteiger charge is 2.18.